The van der Waals surface area contributed by atoms with Crippen molar-refractivity contribution in [3.05, 3.63) is 36.5 Å². The summed E-state index contributed by atoms with van der Waals surface area (Å²) in [6, 6.07) is 0. The third-order valence-corrected chi connectivity index (χ3v) is 5.82. The second-order valence-electron chi connectivity index (χ2n) is 9.46. The summed E-state index contributed by atoms with van der Waals surface area (Å²) in [5.41, 5.74) is 0. The molecule has 0 atom stereocenters. The molecule has 3 heteroatoms. The second kappa shape index (κ2) is 34.8. The number of carbonyl (C=O) groups excluding carboxylic acids is 1. The zero-order chi connectivity index (χ0) is 26.1. The van der Waals surface area contributed by atoms with Crippen LogP contribution in [0.1, 0.15) is 149 Å². The molecule has 0 aliphatic heterocycles. The summed E-state index contributed by atoms with van der Waals surface area (Å²) >= 11 is 0. The smallest absolute Gasteiger partial charge is 0.302 e. The Labute approximate surface area is 219 Å². The van der Waals surface area contributed by atoms with Gasteiger partial charge >= 0.3 is 5.97 Å². The Hall–Kier alpha value is -1.35. The first-order chi connectivity index (χ1) is 17.2. The topological polar surface area (TPSA) is 46.5 Å². The van der Waals surface area contributed by atoms with E-state index in [1.807, 2.05) is 0 Å². The molecule has 0 saturated heterocycles. The van der Waals surface area contributed by atoms with Crippen molar-refractivity contribution in [2.24, 2.45) is 0 Å². The molecule has 206 valence electrons. The van der Waals surface area contributed by atoms with E-state index in [0.717, 1.165) is 25.7 Å². The molecule has 0 heterocycles. The van der Waals surface area contributed by atoms with E-state index in [0.29, 0.717) is 13.2 Å². The van der Waals surface area contributed by atoms with Crippen LogP contribution in [0.3, 0.4) is 0 Å². The van der Waals surface area contributed by atoms with Gasteiger partial charge in [0.1, 0.15) is 0 Å². The molecule has 1 N–H and O–H groups in total. The molecule has 0 fully saturated rings. The summed E-state index contributed by atoms with van der Waals surface area (Å²) in [6.45, 7) is 6.86. The van der Waals surface area contributed by atoms with Crippen LogP contribution in [-0.2, 0) is 9.53 Å². The minimum Gasteiger partial charge on any atom is -0.466 e. The fraction of sp³-hybridized carbons (Fsp3) is 0.781. The zero-order valence-corrected chi connectivity index (χ0v) is 23.8. The molecule has 0 aliphatic rings. The van der Waals surface area contributed by atoms with Crippen molar-refractivity contribution in [3.63, 3.8) is 0 Å². The van der Waals surface area contributed by atoms with Crippen molar-refractivity contribution in [3.8, 4) is 0 Å². The lowest BCUT2D eigenvalue weighted by atomic mass is 10.1. The number of rotatable bonds is 24. The standard InChI is InChI=1S/C19H36O2.C13H24O/c1-3-4-5-6-7-8-9-10-11-12-13-14-15-16-17-18-21-19(2)20;1-2-3-4-5-6-7-8-9-10-11-12-13-14/h10-11H,3-9,12-18H2,1-2H3;6-7,9-10,14H,2-5,8,11-13H2,1H3/b11-10+;7-6-,10-9-. The number of hydrogen-bond acceptors (Lipinski definition) is 3. The molecule has 0 amide bonds. The number of aliphatic hydroxyl groups excluding tert-OH is 1. The first kappa shape index (κ1) is 35.8. The second-order valence-corrected chi connectivity index (χ2v) is 9.46. The Morgan fingerprint density at radius 1 is 0.571 bits per heavy atom. The van der Waals surface area contributed by atoms with Crippen LogP contribution in [-0.4, -0.2) is 24.3 Å². The zero-order valence-electron chi connectivity index (χ0n) is 23.8. The highest BCUT2D eigenvalue weighted by Gasteiger charge is 1.93. The van der Waals surface area contributed by atoms with E-state index in [1.165, 1.54) is 110 Å². The number of allylic oxidation sites excluding steroid dienone is 6. The number of carbonyl (C=O) groups is 1. The summed E-state index contributed by atoms with van der Waals surface area (Å²) in [5, 5.41) is 8.54. The van der Waals surface area contributed by atoms with E-state index < -0.39 is 0 Å². The van der Waals surface area contributed by atoms with Gasteiger partial charge in [0.25, 0.3) is 0 Å². The Bertz CT molecular complexity index is 479. The van der Waals surface area contributed by atoms with Gasteiger partial charge in [-0.05, 0) is 64.2 Å². The Morgan fingerprint density at radius 2 is 0.971 bits per heavy atom. The van der Waals surface area contributed by atoms with Crippen LogP contribution in [0.4, 0.5) is 0 Å². The quantitative estimate of drug-likeness (QED) is 0.0828. The van der Waals surface area contributed by atoms with E-state index in [9.17, 15) is 4.79 Å². The Morgan fingerprint density at radius 3 is 1.49 bits per heavy atom. The summed E-state index contributed by atoms with van der Waals surface area (Å²) in [5.74, 6) is -0.162. The Kier molecular flexibility index (Phi) is 35.6. The SMILES string of the molecule is CCCCC/C=C\C/C=C\CCCO.CCCCCCCC/C=C/CCCCCCCOC(C)=O. The molecule has 0 radical (unpaired) electrons. The fourth-order valence-corrected chi connectivity index (χ4v) is 3.62. The molecule has 0 aromatic rings. The molecule has 0 bridgehead atoms. The monoisotopic (exact) mass is 492 g/mol. The highest BCUT2D eigenvalue weighted by Crippen LogP contribution is 2.09. The van der Waals surface area contributed by atoms with Gasteiger partial charge in [0.15, 0.2) is 0 Å². The largest absolute Gasteiger partial charge is 0.466 e. The molecule has 0 aromatic carbocycles. The molecule has 0 unspecified atom stereocenters. The van der Waals surface area contributed by atoms with Crippen molar-refractivity contribution in [2.45, 2.75) is 149 Å². The van der Waals surface area contributed by atoms with E-state index in [2.05, 4.69) is 50.3 Å². The van der Waals surface area contributed by atoms with Crippen LogP contribution in [0.15, 0.2) is 36.5 Å². The van der Waals surface area contributed by atoms with E-state index in [1.54, 1.807) is 0 Å². The van der Waals surface area contributed by atoms with Crippen LogP contribution >= 0.6 is 0 Å². The van der Waals surface area contributed by atoms with Gasteiger partial charge in [0.05, 0.1) is 6.61 Å². The van der Waals surface area contributed by atoms with Crippen molar-refractivity contribution in [1.29, 1.82) is 0 Å². The summed E-state index contributed by atoms with van der Waals surface area (Å²) < 4.78 is 4.91. The maximum atomic E-state index is 10.6. The number of hydrogen-bond donors (Lipinski definition) is 1. The highest BCUT2D eigenvalue weighted by molar-refractivity contribution is 5.65. The first-order valence-electron chi connectivity index (χ1n) is 14.9. The van der Waals surface area contributed by atoms with Crippen LogP contribution in [0, 0.1) is 0 Å². The van der Waals surface area contributed by atoms with E-state index in [4.69, 9.17) is 9.84 Å². The fourth-order valence-electron chi connectivity index (χ4n) is 3.62. The predicted octanol–water partition coefficient (Wildman–Crippen LogP) is 10.0. The third kappa shape index (κ3) is 40.1. The number of ether oxygens (including phenoxy) is 1. The van der Waals surface area contributed by atoms with Gasteiger partial charge in [0, 0.05) is 13.5 Å². The van der Waals surface area contributed by atoms with Crippen molar-refractivity contribution in [2.75, 3.05) is 13.2 Å². The molecule has 0 saturated carbocycles. The van der Waals surface area contributed by atoms with Crippen molar-refractivity contribution >= 4 is 5.97 Å². The molecule has 0 rings (SSSR count). The summed E-state index contributed by atoms with van der Waals surface area (Å²) in [6.07, 6.45) is 38.5. The number of aliphatic hydroxyl groups is 1. The lowest BCUT2D eigenvalue weighted by molar-refractivity contribution is -0.141. The van der Waals surface area contributed by atoms with E-state index >= 15 is 0 Å². The van der Waals surface area contributed by atoms with Crippen molar-refractivity contribution in [1.82, 2.24) is 0 Å². The van der Waals surface area contributed by atoms with Gasteiger partial charge < -0.3 is 9.84 Å². The molecular weight excluding hydrogens is 432 g/mol. The first-order valence-corrected chi connectivity index (χ1v) is 14.9. The third-order valence-electron chi connectivity index (χ3n) is 5.82. The molecular formula is C32H60O3. The van der Waals surface area contributed by atoms with Crippen molar-refractivity contribution < 1.29 is 14.6 Å². The van der Waals surface area contributed by atoms with Gasteiger partial charge in [-0.3, -0.25) is 4.79 Å². The van der Waals surface area contributed by atoms with Gasteiger partial charge in [-0.15, -0.1) is 0 Å². The summed E-state index contributed by atoms with van der Waals surface area (Å²) in [7, 11) is 0. The van der Waals surface area contributed by atoms with Gasteiger partial charge in [0.2, 0.25) is 0 Å². The minimum absolute atomic E-state index is 0.162. The average molecular weight is 493 g/mol. The van der Waals surface area contributed by atoms with Gasteiger partial charge in [-0.1, -0.05) is 115 Å². The molecule has 0 aliphatic carbocycles. The lowest BCUT2D eigenvalue weighted by Crippen LogP contribution is -1.99. The molecule has 0 aromatic heterocycles. The number of esters is 1. The van der Waals surface area contributed by atoms with Crippen LogP contribution in [0.25, 0.3) is 0 Å². The summed E-state index contributed by atoms with van der Waals surface area (Å²) in [4.78, 5) is 10.6. The lowest BCUT2D eigenvalue weighted by Gasteiger charge is -2.01. The number of unbranched alkanes of at least 4 members (excludes halogenated alkanes) is 15. The van der Waals surface area contributed by atoms with Gasteiger partial charge in [-0.2, -0.15) is 0 Å². The van der Waals surface area contributed by atoms with Gasteiger partial charge in [-0.25, -0.2) is 0 Å². The van der Waals surface area contributed by atoms with Crippen LogP contribution in [0.2, 0.25) is 0 Å². The van der Waals surface area contributed by atoms with Crippen LogP contribution < -0.4 is 0 Å². The predicted molar refractivity (Wildman–Crippen MR) is 155 cm³/mol. The average Bonchev–Trinajstić information content (AvgIpc) is 2.85. The normalized spacial score (nSPS) is 11.4. The molecule has 0 spiro atoms. The molecule has 3 nitrogen and oxygen atoms in total. The van der Waals surface area contributed by atoms with E-state index in [-0.39, 0.29) is 5.97 Å². The maximum Gasteiger partial charge on any atom is 0.302 e. The highest BCUT2D eigenvalue weighted by atomic mass is 16.5. The maximum absolute atomic E-state index is 10.6. The van der Waals surface area contributed by atoms with Crippen LogP contribution in [0.5, 0.6) is 0 Å². The minimum atomic E-state index is -0.162. The molecule has 35 heavy (non-hydrogen) atoms. The Balaban J connectivity index is 0.